The fourth-order valence-corrected chi connectivity index (χ4v) is 4.10. The van der Waals surface area contributed by atoms with Crippen LogP contribution in [0.4, 0.5) is 0 Å². The monoisotopic (exact) mass is 345 g/mol. The van der Waals surface area contributed by atoms with Crippen molar-refractivity contribution in [3.63, 3.8) is 0 Å². The van der Waals surface area contributed by atoms with E-state index in [-0.39, 0.29) is 12.5 Å². The smallest absolute Gasteiger partial charge is 0.331 e. The van der Waals surface area contributed by atoms with E-state index in [0.29, 0.717) is 4.88 Å². The maximum Gasteiger partial charge on any atom is 0.331 e. The minimum atomic E-state index is -1.45. The van der Waals surface area contributed by atoms with Gasteiger partial charge < -0.3 is 15.2 Å². The van der Waals surface area contributed by atoms with Crippen LogP contribution in [0.3, 0.4) is 0 Å². The van der Waals surface area contributed by atoms with Crippen LogP contribution in [-0.2, 0) is 22.4 Å². The summed E-state index contributed by atoms with van der Waals surface area (Å²) in [6.45, 7) is 1.35. The Morgan fingerprint density at radius 3 is 2.71 bits per heavy atom. The van der Waals surface area contributed by atoms with Crippen LogP contribution in [0, 0.1) is 0 Å². The van der Waals surface area contributed by atoms with E-state index >= 15 is 0 Å². The molecule has 0 aliphatic heterocycles. The molecule has 126 valence electrons. The Kier molecular flexibility index (Phi) is 4.43. The maximum atomic E-state index is 12.5. The zero-order chi connectivity index (χ0) is 17.3. The minimum absolute atomic E-state index is 0.0952. The lowest BCUT2D eigenvalue weighted by atomic mass is 9.91. The van der Waals surface area contributed by atoms with Crippen LogP contribution in [0.25, 0.3) is 10.4 Å². The number of fused-ring (bicyclic) bond motifs is 3. The lowest BCUT2D eigenvalue weighted by Crippen LogP contribution is -2.55. The van der Waals surface area contributed by atoms with Crippen molar-refractivity contribution in [2.24, 2.45) is 0 Å². The molecule has 1 aromatic carbocycles. The zero-order valence-electron chi connectivity index (χ0n) is 13.6. The van der Waals surface area contributed by atoms with E-state index in [1.807, 2.05) is 18.2 Å². The van der Waals surface area contributed by atoms with Crippen LogP contribution in [0.1, 0.15) is 27.7 Å². The van der Waals surface area contributed by atoms with Crippen molar-refractivity contribution in [1.29, 1.82) is 0 Å². The molecule has 1 heterocycles. The minimum Gasteiger partial charge on any atom is -0.479 e. The molecule has 0 saturated heterocycles. The van der Waals surface area contributed by atoms with E-state index in [2.05, 4.69) is 17.4 Å². The van der Waals surface area contributed by atoms with Crippen LogP contribution in [0.5, 0.6) is 0 Å². The quantitative estimate of drug-likeness (QED) is 0.874. The van der Waals surface area contributed by atoms with Gasteiger partial charge in [-0.2, -0.15) is 0 Å². The average Bonchev–Trinajstić information content (AvgIpc) is 2.99. The van der Waals surface area contributed by atoms with Crippen molar-refractivity contribution >= 4 is 23.2 Å². The van der Waals surface area contributed by atoms with Crippen LogP contribution in [-0.4, -0.2) is 36.2 Å². The summed E-state index contributed by atoms with van der Waals surface area (Å²) in [4.78, 5) is 25.6. The molecule has 2 N–H and O–H groups in total. The van der Waals surface area contributed by atoms with Crippen molar-refractivity contribution in [1.82, 2.24) is 5.32 Å². The Bertz CT molecular complexity index is 798. The van der Waals surface area contributed by atoms with Gasteiger partial charge in [-0.3, -0.25) is 4.79 Å². The number of thiophene rings is 1. The normalized spacial score (nSPS) is 15.1. The first-order valence-corrected chi connectivity index (χ1v) is 8.52. The number of ether oxygens (including phenoxy) is 1. The summed E-state index contributed by atoms with van der Waals surface area (Å²) in [6.07, 6.45) is 1.85. The molecule has 6 heteroatoms. The Morgan fingerprint density at radius 2 is 2.00 bits per heavy atom. The number of benzene rings is 1. The number of aryl methyl sites for hydroxylation is 2. The first kappa shape index (κ1) is 16.7. The molecule has 2 aromatic rings. The third-order valence-corrected chi connectivity index (χ3v) is 5.46. The van der Waals surface area contributed by atoms with E-state index in [1.165, 1.54) is 36.5 Å². The summed E-state index contributed by atoms with van der Waals surface area (Å²) in [5.41, 5.74) is 2.15. The first-order chi connectivity index (χ1) is 11.4. The topological polar surface area (TPSA) is 75.6 Å². The number of carboxylic acid groups (broad SMARTS) is 1. The molecule has 0 bridgehead atoms. The molecule has 1 aliphatic carbocycles. The number of aliphatic carboxylic acids is 1. The fourth-order valence-electron chi connectivity index (χ4n) is 2.94. The average molecular weight is 345 g/mol. The van der Waals surface area contributed by atoms with Crippen LogP contribution < -0.4 is 5.32 Å². The number of carboxylic acids is 1. The van der Waals surface area contributed by atoms with Gasteiger partial charge in [0.1, 0.15) is 0 Å². The third kappa shape index (κ3) is 2.95. The van der Waals surface area contributed by atoms with E-state index in [1.54, 1.807) is 0 Å². The summed E-state index contributed by atoms with van der Waals surface area (Å²) >= 11 is 1.41. The third-order valence-electron chi connectivity index (χ3n) is 4.25. The summed E-state index contributed by atoms with van der Waals surface area (Å²) < 4.78 is 4.94. The molecule has 1 atom stereocenters. The second kappa shape index (κ2) is 6.37. The largest absolute Gasteiger partial charge is 0.479 e. The number of carbonyl (C=O) groups excluding carboxylic acids is 1. The SMILES string of the molecule is COCC(C)(NC(=O)c1cc2c(s1)-c1ccccc1CC2)C(=O)O. The van der Waals surface area contributed by atoms with Gasteiger partial charge in [0, 0.05) is 12.0 Å². The number of amides is 1. The zero-order valence-corrected chi connectivity index (χ0v) is 14.4. The molecule has 1 aliphatic rings. The molecule has 3 rings (SSSR count). The Hall–Kier alpha value is -2.18. The van der Waals surface area contributed by atoms with Gasteiger partial charge >= 0.3 is 5.97 Å². The number of rotatable bonds is 5. The van der Waals surface area contributed by atoms with E-state index in [0.717, 1.165) is 23.3 Å². The van der Waals surface area contributed by atoms with Crippen LogP contribution in [0.2, 0.25) is 0 Å². The predicted octanol–water partition coefficient (Wildman–Crippen LogP) is 2.73. The fraction of sp³-hybridized carbons (Fsp3) is 0.333. The maximum absolute atomic E-state index is 12.5. The molecule has 1 unspecified atom stereocenters. The first-order valence-electron chi connectivity index (χ1n) is 7.70. The Labute approximate surface area is 144 Å². The van der Waals surface area contributed by atoms with Crippen molar-refractivity contribution in [3.8, 4) is 10.4 Å². The second-order valence-electron chi connectivity index (χ2n) is 6.15. The van der Waals surface area contributed by atoms with Gasteiger partial charge in [-0.1, -0.05) is 24.3 Å². The van der Waals surface area contributed by atoms with E-state index in [9.17, 15) is 14.7 Å². The lowest BCUT2D eigenvalue weighted by Gasteiger charge is -2.24. The summed E-state index contributed by atoms with van der Waals surface area (Å²) in [5, 5.41) is 12.0. The summed E-state index contributed by atoms with van der Waals surface area (Å²) in [7, 11) is 1.41. The highest BCUT2D eigenvalue weighted by Gasteiger charge is 2.36. The number of carbonyl (C=O) groups is 2. The van der Waals surface area contributed by atoms with Gasteiger partial charge in [-0.05, 0) is 42.5 Å². The molecule has 0 spiro atoms. The number of methoxy groups -OCH3 is 1. The van der Waals surface area contributed by atoms with E-state index in [4.69, 9.17) is 4.74 Å². The number of nitrogens with one attached hydrogen (secondary N) is 1. The highest BCUT2D eigenvalue weighted by molar-refractivity contribution is 7.17. The molecule has 0 fully saturated rings. The van der Waals surface area contributed by atoms with Gasteiger partial charge in [0.05, 0.1) is 11.5 Å². The molecule has 1 aromatic heterocycles. The Balaban J connectivity index is 1.89. The second-order valence-corrected chi connectivity index (χ2v) is 7.20. The van der Waals surface area contributed by atoms with Gasteiger partial charge in [0.25, 0.3) is 5.91 Å². The van der Waals surface area contributed by atoms with Crippen molar-refractivity contribution in [2.75, 3.05) is 13.7 Å². The van der Waals surface area contributed by atoms with Gasteiger partial charge in [-0.25, -0.2) is 4.79 Å². The van der Waals surface area contributed by atoms with Crippen molar-refractivity contribution in [3.05, 3.63) is 46.3 Å². The molecule has 5 nitrogen and oxygen atoms in total. The lowest BCUT2D eigenvalue weighted by molar-refractivity contribution is -0.145. The molecule has 0 radical (unpaired) electrons. The highest BCUT2D eigenvalue weighted by Crippen LogP contribution is 2.39. The summed E-state index contributed by atoms with van der Waals surface area (Å²) in [6, 6.07) is 10.1. The molecular weight excluding hydrogens is 326 g/mol. The molecule has 0 saturated carbocycles. The summed E-state index contributed by atoms with van der Waals surface area (Å²) in [5.74, 6) is -1.50. The standard InChI is InChI=1S/C18H19NO4S/c1-18(10-23-2,17(21)22)19-16(20)14-9-12-8-7-11-5-3-4-6-13(11)15(12)24-14/h3-6,9H,7-8,10H2,1-2H3,(H,19,20)(H,21,22). The molecular formula is C18H19NO4S. The van der Waals surface area contributed by atoms with Crippen LogP contribution in [0.15, 0.2) is 30.3 Å². The van der Waals surface area contributed by atoms with Gasteiger partial charge in [0.2, 0.25) is 0 Å². The van der Waals surface area contributed by atoms with Crippen molar-refractivity contribution < 1.29 is 19.4 Å². The van der Waals surface area contributed by atoms with Crippen LogP contribution >= 0.6 is 11.3 Å². The Morgan fingerprint density at radius 1 is 1.29 bits per heavy atom. The molecule has 1 amide bonds. The van der Waals surface area contributed by atoms with Crippen molar-refractivity contribution in [2.45, 2.75) is 25.3 Å². The van der Waals surface area contributed by atoms with Gasteiger partial charge in [0.15, 0.2) is 5.54 Å². The number of hydrogen-bond donors (Lipinski definition) is 2. The predicted molar refractivity (Wildman–Crippen MR) is 92.5 cm³/mol. The molecule has 24 heavy (non-hydrogen) atoms. The number of hydrogen-bond acceptors (Lipinski definition) is 4. The van der Waals surface area contributed by atoms with Gasteiger partial charge in [-0.15, -0.1) is 11.3 Å². The van der Waals surface area contributed by atoms with E-state index < -0.39 is 11.5 Å². The highest BCUT2D eigenvalue weighted by atomic mass is 32.1.